The zero-order valence-corrected chi connectivity index (χ0v) is 10.5. The maximum Gasteiger partial charge on any atom is 0.234 e. The number of hydrogen-bond acceptors (Lipinski definition) is 3. The number of benzene rings is 1. The highest BCUT2D eigenvalue weighted by Gasteiger charge is 2.18. The average Bonchev–Trinajstić information content (AvgIpc) is 2.28. The van der Waals surface area contributed by atoms with Crippen LogP contribution in [0.1, 0.15) is 18.9 Å². The van der Waals surface area contributed by atoms with Crippen molar-refractivity contribution < 1.29 is 8.42 Å². The highest BCUT2D eigenvalue weighted by molar-refractivity contribution is 7.92. The number of rotatable bonds is 5. The first kappa shape index (κ1) is 13.0. The molecular weight excluding hydrogens is 224 g/mol. The minimum atomic E-state index is -3.22. The van der Waals surface area contributed by atoms with Gasteiger partial charge in [0.25, 0.3) is 0 Å². The molecule has 1 aromatic carbocycles. The lowest BCUT2D eigenvalue weighted by Gasteiger charge is -2.21. The van der Waals surface area contributed by atoms with E-state index < -0.39 is 10.0 Å². The fourth-order valence-electron chi connectivity index (χ4n) is 1.54. The summed E-state index contributed by atoms with van der Waals surface area (Å²) in [5, 5.41) is 0. The van der Waals surface area contributed by atoms with Crippen molar-refractivity contribution in [1.29, 1.82) is 0 Å². The van der Waals surface area contributed by atoms with Crippen LogP contribution in [0, 0.1) is 0 Å². The van der Waals surface area contributed by atoms with Crippen molar-refractivity contribution in [3.63, 3.8) is 0 Å². The first-order valence-electron chi connectivity index (χ1n) is 5.27. The number of nitrogens with zero attached hydrogens (tertiary/aromatic N) is 1. The van der Waals surface area contributed by atoms with Crippen LogP contribution in [-0.2, 0) is 16.6 Å². The molecule has 0 aromatic heterocycles. The van der Waals surface area contributed by atoms with Gasteiger partial charge in [0.1, 0.15) is 0 Å². The van der Waals surface area contributed by atoms with Crippen molar-refractivity contribution in [3.8, 4) is 0 Å². The summed E-state index contributed by atoms with van der Waals surface area (Å²) in [5.74, 6) is 0.155. The Morgan fingerprint density at radius 3 is 2.50 bits per heavy atom. The Morgan fingerprint density at radius 1 is 1.31 bits per heavy atom. The Hall–Kier alpha value is -1.07. The number of sulfonamides is 1. The zero-order valence-electron chi connectivity index (χ0n) is 9.68. The molecule has 0 radical (unpaired) electrons. The van der Waals surface area contributed by atoms with E-state index >= 15 is 0 Å². The summed E-state index contributed by atoms with van der Waals surface area (Å²) in [6.07, 6.45) is 0.609. The molecule has 0 saturated heterocycles. The molecule has 0 amide bonds. The molecule has 4 nitrogen and oxygen atoms in total. The molecule has 2 N–H and O–H groups in total. The average molecular weight is 242 g/mol. The van der Waals surface area contributed by atoms with Crippen molar-refractivity contribution in [2.45, 2.75) is 19.9 Å². The van der Waals surface area contributed by atoms with Gasteiger partial charge < -0.3 is 5.73 Å². The predicted molar refractivity (Wildman–Crippen MR) is 66.8 cm³/mol. The van der Waals surface area contributed by atoms with Gasteiger partial charge in [0.15, 0.2) is 0 Å². The van der Waals surface area contributed by atoms with Crippen molar-refractivity contribution in [3.05, 3.63) is 29.8 Å². The lowest BCUT2D eigenvalue weighted by molar-refractivity contribution is 0.593. The normalized spacial score (nSPS) is 11.4. The van der Waals surface area contributed by atoms with Crippen LogP contribution in [0.5, 0.6) is 0 Å². The summed E-state index contributed by atoms with van der Waals surface area (Å²) in [5.41, 5.74) is 7.09. The van der Waals surface area contributed by atoms with Crippen LogP contribution in [0.4, 0.5) is 5.69 Å². The molecule has 0 spiro atoms. The Bertz CT molecular complexity index is 443. The van der Waals surface area contributed by atoms with Gasteiger partial charge in [0, 0.05) is 13.6 Å². The van der Waals surface area contributed by atoms with Crippen LogP contribution in [-0.4, -0.2) is 21.2 Å². The molecule has 5 heteroatoms. The van der Waals surface area contributed by atoms with Gasteiger partial charge in [-0.25, -0.2) is 8.42 Å². The van der Waals surface area contributed by atoms with Crippen molar-refractivity contribution in [2.75, 3.05) is 17.1 Å². The van der Waals surface area contributed by atoms with Crippen LogP contribution in [0.2, 0.25) is 0 Å². The van der Waals surface area contributed by atoms with Gasteiger partial charge in [-0.05, 0) is 18.1 Å². The van der Waals surface area contributed by atoms with E-state index in [-0.39, 0.29) is 5.75 Å². The number of para-hydroxylation sites is 1. The third-order valence-corrected chi connectivity index (χ3v) is 4.39. The molecule has 0 bridgehead atoms. The second-order valence-electron chi connectivity index (χ2n) is 3.62. The van der Waals surface area contributed by atoms with E-state index in [1.807, 2.05) is 25.1 Å². The van der Waals surface area contributed by atoms with Crippen molar-refractivity contribution in [2.24, 2.45) is 5.73 Å². The number of nitrogens with two attached hydrogens (primary N) is 1. The van der Waals surface area contributed by atoms with Gasteiger partial charge in [0.05, 0.1) is 11.4 Å². The van der Waals surface area contributed by atoms with Crippen molar-refractivity contribution in [1.82, 2.24) is 0 Å². The minimum absolute atomic E-state index is 0.155. The standard InChI is InChI=1S/C11H18N2O2S/c1-3-8-16(14,15)13(2)11-7-5-4-6-10(11)9-12/h4-7H,3,8-9,12H2,1-2H3. The van der Waals surface area contributed by atoms with E-state index in [1.54, 1.807) is 13.1 Å². The molecule has 0 unspecified atom stereocenters. The van der Waals surface area contributed by atoms with E-state index in [9.17, 15) is 8.42 Å². The molecule has 0 saturated carbocycles. The highest BCUT2D eigenvalue weighted by Crippen LogP contribution is 2.21. The van der Waals surface area contributed by atoms with Gasteiger partial charge >= 0.3 is 0 Å². The molecule has 90 valence electrons. The van der Waals surface area contributed by atoms with Crippen molar-refractivity contribution >= 4 is 15.7 Å². The molecule has 0 aliphatic heterocycles. The smallest absolute Gasteiger partial charge is 0.234 e. The van der Waals surface area contributed by atoms with Crippen LogP contribution in [0.15, 0.2) is 24.3 Å². The number of hydrogen-bond donors (Lipinski definition) is 1. The lowest BCUT2D eigenvalue weighted by Crippen LogP contribution is -2.29. The molecule has 0 fully saturated rings. The fraction of sp³-hybridized carbons (Fsp3) is 0.455. The van der Waals surface area contributed by atoms with Gasteiger partial charge in [-0.15, -0.1) is 0 Å². The Labute approximate surface area is 97.1 Å². The quantitative estimate of drug-likeness (QED) is 0.847. The monoisotopic (exact) mass is 242 g/mol. The second-order valence-corrected chi connectivity index (χ2v) is 5.74. The molecule has 0 aliphatic carbocycles. The largest absolute Gasteiger partial charge is 0.326 e. The van der Waals surface area contributed by atoms with Crippen LogP contribution < -0.4 is 10.0 Å². The summed E-state index contributed by atoms with van der Waals surface area (Å²) < 4.78 is 25.1. The van der Waals surface area contributed by atoms with E-state index in [4.69, 9.17) is 5.73 Å². The molecule has 1 aromatic rings. The molecular formula is C11H18N2O2S. The fourth-order valence-corrected chi connectivity index (χ4v) is 2.80. The SMILES string of the molecule is CCCS(=O)(=O)N(C)c1ccccc1CN. The first-order valence-corrected chi connectivity index (χ1v) is 6.88. The maximum absolute atomic E-state index is 11.9. The molecule has 0 heterocycles. The van der Waals surface area contributed by atoms with E-state index in [0.717, 1.165) is 5.56 Å². The summed E-state index contributed by atoms with van der Waals surface area (Å²) in [4.78, 5) is 0. The van der Waals surface area contributed by atoms with Gasteiger partial charge in [-0.1, -0.05) is 25.1 Å². The van der Waals surface area contributed by atoms with Gasteiger partial charge in [0.2, 0.25) is 10.0 Å². The summed E-state index contributed by atoms with van der Waals surface area (Å²) >= 11 is 0. The summed E-state index contributed by atoms with van der Waals surface area (Å²) in [7, 11) is -1.65. The second kappa shape index (κ2) is 5.32. The maximum atomic E-state index is 11.9. The third-order valence-electron chi connectivity index (χ3n) is 2.43. The molecule has 0 atom stereocenters. The van der Waals surface area contributed by atoms with E-state index in [2.05, 4.69) is 0 Å². The molecule has 16 heavy (non-hydrogen) atoms. The number of anilines is 1. The lowest BCUT2D eigenvalue weighted by atomic mass is 10.2. The highest BCUT2D eigenvalue weighted by atomic mass is 32.2. The Kier molecular flexibility index (Phi) is 4.32. The molecule has 0 aliphatic rings. The van der Waals surface area contributed by atoms with Crippen LogP contribution in [0.25, 0.3) is 0 Å². The Balaban J connectivity index is 3.09. The van der Waals surface area contributed by atoms with E-state index in [0.29, 0.717) is 18.7 Å². The summed E-state index contributed by atoms with van der Waals surface area (Å²) in [6, 6.07) is 7.28. The van der Waals surface area contributed by atoms with E-state index in [1.165, 1.54) is 4.31 Å². The Morgan fingerprint density at radius 2 is 1.94 bits per heavy atom. The topological polar surface area (TPSA) is 63.4 Å². The minimum Gasteiger partial charge on any atom is -0.326 e. The summed E-state index contributed by atoms with van der Waals surface area (Å²) in [6.45, 7) is 2.18. The van der Waals surface area contributed by atoms with Crippen LogP contribution >= 0.6 is 0 Å². The van der Waals surface area contributed by atoms with Crippen LogP contribution in [0.3, 0.4) is 0 Å². The predicted octanol–water partition coefficient (Wildman–Crippen LogP) is 1.32. The zero-order chi connectivity index (χ0) is 12.2. The molecule has 1 rings (SSSR count). The third kappa shape index (κ3) is 2.74. The van der Waals surface area contributed by atoms with Gasteiger partial charge in [-0.3, -0.25) is 4.31 Å². The first-order chi connectivity index (χ1) is 7.53. The van der Waals surface area contributed by atoms with Gasteiger partial charge in [-0.2, -0.15) is 0 Å².